The van der Waals surface area contributed by atoms with Gasteiger partial charge in [0.2, 0.25) is 5.91 Å². The molecule has 0 bridgehead atoms. The third kappa shape index (κ3) is 6.35. The highest BCUT2D eigenvalue weighted by molar-refractivity contribution is 7.93. The van der Waals surface area contributed by atoms with E-state index in [1.165, 1.54) is 36.4 Å². The third-order valence-corrected chi connectivity index (χ3v) is 9.56. The van der Waals surface area contributed by atoms with Crippen LogP contribution in [0.5, 0.6) is 0 Å². The minimum Gasteiger partial charge on any atom is -0.325 e. The zero-order valence-electron chi connectivity index (χ0n) is 22.7. The number of nitrogens with zero attached hydrogens (tertiary/aromatic N) is 1. The fraction of sp³-hybridized carbons (Fsp3) is 0.167. The minimum absolute atomic E-state index is 0.0248. The normalized spacial score (nSPS) is 11.6. The van der Waals surface area contributed by atoms with Crippen molar-refractivity contribution in [1.82, 2.24) is 0 Å². The first kappa shape index (κ1) is 28.8. The number of anilines is 3. The molecule has 0 aliphatic heterocycles. The fourth-order valence-corrected chi connectivity index (χ4v) is 6.93. The summed E-state index contributed by atoms with van der Waals surface area (Å²) >= 11 is 0. The van der Waals surface area contributed by atoms with E-state index in [0.29, 0.717) is 22.6 Å². The van der Waals surface area contributed by atoms with Gasteiger partial charge in [-0.15, -0.1) is 0 Å². The summed E-state index contributed by atoms with van der Waals surface area (Å²) < 4.78 is 56.9. The highest BCUT2D eigenvalue weighted by Crippen LogP contribution is 2.28. The van der Waals surface area contributed by atoms with Gasteiger partial charge >= 0.3 is 0 Å². The Morgan fingerprint density at radius 3 is 1.95 bits per heavy atom. The Morgan fingerprint density at radius 2 is 1.32 bits per heavy atom. The van der Waals surface area contributed by atoms with Gasteiger partial charge in [-0.3, -0.25) is 13.8 Å². The number of benzene rings is 4. The van der Waals surface area contributed by atoms with Gasteiger partial charge in [0.05, 0.1) is 21.2 Å². The molecule has 0 atom stereocenters. The summed E-state index contributed by atoms with van der Waals surface area (Å²) in [5, 5.41) is 2.69. The lowest BCUT2D eigenvalue weighted by atomic mass is 10.1. The van der Waals surface area contributed by atoms with Crippen molar-refractivity contribution >= 4 is 43.0 Å². The summed E-state index contributed by atoms with van der Waals surface area (Å²) in [6, 6.07) is 24.5. The van der Waals surface area contributed by atoms with Crippen molar-refractivity contribution in [2.45, 2.75) is 37.5 Å². The second-order valence-corrected chi connectivity index (χ2v) is 13.1. The van der Waals surface area contributed by atoms with E-state index in [-0.39, 0.29) is 9.79 Å². The van der Waals surface area contributed by atoms with Crippen molar-refractivity contribution in [1.29, 1.82) is 0 Å². The number of rotatable bonds is 9. The van der Waals surface area contributed by atoms with Gasteiger partial charge in [0, 0.05) is 5.69 Å². The van der Waals surface area contributed by atoms with Crippen LogP contribution in [0.1, 0.15) is 22.3 Å². The minimum atomic E-state index is -4.06. The predicted octanol–water partition coefficient (Wildman–Crippen LogP) is 5.56. The lowest BCUT2D eigenvalue weighted by molar-refractivity contribution is -0.114. The Hall–Kier alpha value is -4.15. The van der Waals surface area contributed by atoms with E-state index in [0.717, 1.165) is 21.0 Å². The number of sulfonamides is 2. The van der Waals surface area contributed by atoms with Crippen LogP contribution < -0.4 is 14.3 Å². The van der Waals surface area contributed by atoms with Crippen molar-refractivity contribution in [3.63, 3.8) is 0 Å². The second kappa shape index (κ2) is 11.5. The average Bonchev–Trinajstić information content (AvgIpc) is 2.92. The summed E-state index contributed by atoms with van der Waals surface area (Å²) in [4.78, 5) is 13.2. The van der Waals surface area contributed by atoms with Gasteiger partial charge in [0.15, 0.2) is 0 Å². The molecule has 8 nitrogen and oxygen atoms in total. The zero-order chi connectivity index (χ0) is 29.1. The molecule has 4 aromatic carbocycles. The van der Waals surface area contributed by atoms with Gasteiger partial charge in [-0.25, -0.2) is 16.8 Å². The molecule has 40 heavy (non-hydrogen) atoms. The molecule has 208 valence electrons. The number of aryl methyl sites for hydroxylation is 4. The Labute approximate surface area is 235 Å². The first-order valence-electron chi connectivity index (χ1n) is 12.5. The van der Waals surface area contributed by atoms with Crippen LogP contribution in [0.25, 0.3) is 0 Å². The first-order valence-corrected chi connectivity index (χ1v) is 15.4. The van der Waals surface area contributed by atoms with E-state index >= 15 is 0 Å². The maximum absolute atomic E-state index is 13.6. The summed E-state index contributed by atoms with van der Waals surface area (Å²) in [6.07, 6.45) is 0. The maximum atomic E-state index is 13.6. The van der Waals surface area contributed by atoms with Crippen molar-refractivity contribution < 1.29 is 21.6 Å². The van der Waals surface area contributed by atoms with E-state index < -0.39 is 32.5 Å². The van der Waals surface area contributed by atoms with E-state index in [9.17, 15) is 21.6 Å². The Kier molecular flexibility index (Phi) is 8.32. The second-order valence-electron chi connectivity index (χ2n) is 9.56. The van der Waals surface area contributed by atoms with Gasteiger partial charge in [-0.05, 0) is 92.4 Å². The van der Waals surface area contributed by atoms with Crippen LogP contribution in [0.3, 0.4) is 0 Å². The molecular formula is C30H31N3O5S2. The molecule has 0 heterocycles. The standard InChI is InChI=1S/C30H31N3O5S2/c1-21-13-14-22(2)28(19-21)33(40(37,38)27-11-6-5-7-12-27)20-29(34)31-25-15-17-26(18-16-25)39(35,36)32-30-23(3)9-8-10-24(30)4/h5-19,32H,20H2,1-4H3,(H,31,34). The van der Waals surface area contributed by atoms with E-state index in [4.69, 9.17) is 0 Å². The first-order chi connectivity index (χ1) is 18.9. The molecule has 2 N–H and O–H groups in total. The molecule has 0 saturated heterocycles. The van der Waals surface area contributed by atoms with Gasteiger partial charge in [-0.2, -0.15) is 0 Å². The van der Waals surface area contributed by atoms with Crippen LogP contribution in [0.4, 0.5) is 17.1 Å². The molecule has 0 aliphatic carbocycles. The Balaban J connectivity index is 1.56. The smallest absolute Gasteiger partial charge is 0.264 e. The van der Waals surface area contributed by atoms with Crippen LogP contribution >= 0.6 is 0 Å². The number of nitrogens with one attached hydrogen (secondary N) is 2. The Morgan fingerprint density at radius 1 is 0.700 bits per heavy atom. The number of carbonyl (C=O) groups excluding carboxylic acids is 1. The number of carbonyl (C=O) groups is 1. The van der Waals surface area contributed by atoms with E-state index in [2.05, 4.69) is 10.0 Å². The largest absolute Gasteiger partial charge is 0.325 e. The maximum Gasteiger partial charge on any atom is 0.264 e. The number of para-hydroxylation sites is 1. The van der Waals surface area contributed by atoms with Crippen LogP contribution in [0.2, 0.25) is 0 Å². The zero-order valence-corrected chi connectivity index (χ0v) is 24.3. The van der Waals surface area contributed by atoms with Gasteiger partial charge in [-0.1, -0.05) is 48.5 Å². The molecule has 0 fully saturated rings. The summed E-state index contributed by atoms with van der Waals surface area (Å²) in [5.41, 5.74) is 4.39. The summed E-state index contributed by atoms with van der Waals surface area (Å²) in [6.45, 7) is 6.80. The third-order valence-electron chi connectivity index (χ3n) is 6.42. The van der Waals surface area contributed by atoms with Crippen molar-refractivity contribution in [2.24, 2.45) is 0 Å². The van der Waals surface area contributed by atoms with Crippen LogP contribution in [0, 0.1) is 27.7 Å². The number of hydrogen-bond acceptors (Lipinski definition) is 5. The molecule has 4 aromatic rings. The molecule has 0 aliphatic rings. The summed E-state index contributed by atoms with van der Waals surface area (Å²) in [7, 11) is -7.93. The SMILES string of the molecule is Cc1ccc(C)c(N(CC(=O)Nc2ccc(S(=O)(=O)Nc3c(C)cccc3C)cc2)S(=O)(=O)c2ccccc2)c1. The van der Waals surface area contributed by atoms with Crippen molar-refractivity contribution in [3.05, 3.63) is 113 Å². The Bertz CT molecular complexity index is 1730. The molecule has 0 unspecified atom stereocenters. The number of amides is 1. The molecule has 4 rings (SSSR count). The van der Waals surface area contributed by atoms with Crippen molar-refractivity contribution in [2.75, 3.05) is 20.9 Å². The molecule has 10 heteroatoms. The van der Waals surface area contributed by atoms with Gasteiger partial charge in [0.25, 0.3) is 20.0 Å². The lowest BCUT2D eigenvalue weighted by Gasteiger charge is -2.26. The van der Waals surface area contributed by atoms with E-state index in [1.54, 1.807) is 31.2 Å². The lowest BCUT2D eigenvalue weighted by Crippen LogP contribution is -2.38. The monoisotopic (exact) mass is 577 g/mol. The van der Waals surface area contributed by atoms with Gasteiger partial charge < -0.3 is 5.32 Å². The summed E-state index contributed by atoms with van der Waals surface area (Å²) in [5.74, 6) is -0.579. The van der Waals surface area contributed by atoms with Crippen molar-refractivity contribution in [3.8, 4) is 0 Å². The fourth-order valence-electron chi connectivity index (χ4n) is 4.22. The molecule has 0 radical (unpaired) electrons. The van der Waals surface area contributed by atoms with Crippen LogP contribution in [0.15, 0.2) is 101 Å². The quantitative estimate of drug-likeness (QED) is 0.271. The number of hydrogen-bond donors (Lipinski definition) is 2. The molecule has 1 amide bonds. The highest BCUT2D eigenvalue weighted by Gasteiger charge is 2.28. The van der Waals surface area contributed by atoms with Crippen LogP contribution in [-0.2, 0) is 24.8 Å². The highest BCUT2D eigenvalue weighted by atomic mass is 32.2. The molecule has 0 aromatic heterocycles. The van der Waals surface area contributed by atoms with E-state index in [1.807, 2.05) is 51.1 Å². The van der Waals surface area contributed by atoms with Crippen LogP contribution in [-0.4, -0.2) is 29.3 Å². The topological polar surface area (TPSA) is 113 Å². The molecule has 0 spiro atoms. The van der Waals surface area contributed by atoms with Gasteiger partial charge in [0.1, 0.15) is 6.54 Å². The average molecular weight is 578 g/mol. The molecule has 0 saturated carbocycles. The molecular weight excluding hydrogens is 546 g/mol. The predicted molar refractivity (Wildman–Crippen MR) is 159 cm³/mol.